The lowest BCUT2D eigenvalue weighted by Gasteiger charge is -2.13. The number of para-hydroxylation sites is 1. The molecule has 24 heavy (non-hydrogen) atoms. The van der Waals surface area contributed by atoms with Gasteiger partial charge in [-0.05, 0) is 24.3 Å². The van der Waals surface area contributed by atoms with Crippen molar-refractivity contribution in [2.75, 3.05) is 12.4 Å². The standard InChI is InChI=1S/C15H11F3N4O2/c1-24-13(23)10-7-8-11(15(16,17)18)22-12(10)20-21-14(22)19-9-5-3-2-4-6-9/h2-8H,1H3,(H,19,21). The predicted octanol–water partition coefficient (Wildman–Crippen LogP) is 3.28. The second-order valence-electron chi connectivity index (χ2n) is 4.80. The number of pyridine rings is 1. The van der Waals surface area contributed by atoms with E-state index in [0.29, 0.717) is 5.69 Å². The summed E-state index contributed by atoms with van der Waals surface area (Å²) in [6.45, 7) is 0. The summed E-state index contributed by atoms with van der Waals surface area (Å²) in [5, 5.41) is 10.2. The molecule has 3 rings (SSSR count). The maximum Gasteiger partial charge on any atom is 0.431 e. The summed E-state index contributed by atoms with van der Waals surface area (Å²) in [6, 6.07) is 10.3. The van der Waals surface area contributed by atoms with Crippen molar-refractivity contribution in [1.29, 1.82) is 0 Å². The highest BCUT2D eigenvalue weighted by Gasteiger charge is 2.36. The molecule has 0 saturated carbocycles. The summed E-state index contributed by atoms with van der Waals surface area (Å²) in [7, 11) is 1.13. The van der Waals surface area contributed by atoms with Gasteiger partial charge in [-0.1, -0.05) is 18.2 Å². The maximum atomic E-state index is 13.3. The van der Waals surface area contributed by atoms with E-state index in [1.807, 2.05) is 0 Å². The molecule has 0 unspecified atom stereocenters. The van der Waals surface area contributed by atoms with Crippen molar-refractivity contribution in [3.8, 4) is 0 Å². The molecule has 1 aromatic carbocycles. The zero-order valence-electron chi connectivity index (χ0n) is 12.3. The summed E-state index contributed by atoms with van der Waals surface area (Å²) in [5.74, 6) is -0.957. The predicted molar refractivity (Wildman–Crippen MR) is 79.1 cm³/mol. The minimum Gasteiger partial charge on any atom is -0.465 e. The van der Waals surface area contributed by atoms with Crippen LogP contribution in [0.15, 0.2) is 42.5 Å². The molecule has 1 N–H and O–H groups in total. The first-order valence-corrected chi connectivity index (χ1v) is 6.77. The molecule has 2 heterocycles. The third-order valence-corrected chi connectivity index (χ3v) is 3.28. The maximum absolute atomic E-state index is 13.3. The van der Waals surface area contributed by atoms with Crippen LogP contribution in [-0.4, -0.2) is 27.7 Å². The van der Waals surface area contributed by atoms with Gasteiger partial charge in [-0.2, -0.15) is 13.2 Å². The Kier molecular flexibility index (Phi) is 3.84. The molecule has 0 spiro atoms. The lowest BCUT2D eigenvalue weighted by Crippen LogP contribution is -2.15. The van der Waals surface area contributed by atoms with Gasteiger partial charge in [0.05, 0.1) is 7.11 Å². The molecule has 2 aromatic heterocycles. The number of aromatic nitrogens is 3. The van der Waals surface area contributed by atoms with Crippen molar-refractivity contribution in [3.05, 3.63) is 53.7 Å². The van der Waals surface area contributed by atoms with Crippen molar-refractivity contribution >= 4 is 23.3 Å². The third kappa shape index (κ3) is 2.75. The fourth-order valence-corrected chi connectivity index (χ4v) is 2.22. The van der Waals surface area contributed by atoms with E-state index in [1.165, 1.54) is 0 Å². The van der Waals surface area contributed by atoms with Crippen LogP contribution in [0, 0.1) is 0 Å². The topological polar surface area (TPSA) is 68.5 Å². The number of anilines is 2. The molecule has 0 fully saturated rings. The van der Waals surface area contributed by atoms with Crippen molar-refractivity contribution in [2.45, 2.75) is 6.18 Å². The first-order valence-electron chi connectivity index (χ1n) is 6.77. The fraction of sp³-hybridized carbons (Fsp3) is 0.133. The number of hydrogen-bond donors (Lipinski definition) is 1. The number of ether oxygens (including phenoxy) is 1. The fourth-order valence-electron chi connectivity index (χ4n) is 2.22. The monoisotopic (exact) mass is 336 g/mol. The molecule has 0 aliphatic rings. The number of methoxy groups -OCH3 is 1. The SMILES string of the molecule is COC(=O)c1ccc(C(F)(F)F)n2c(Nc3ccccc3)nnc12. The largest absolute Gasteiger partial charge is 0.465 e. The van der Waals surface area contributed by atoms with Crippen LogP contribution in [-0.2, 0) is 10.9 Å². The van der Waals surface area contributed by atoms with Crippen LogP contribution in [0.4, 0.5) is 24.8 Å². The molecule has 0 saturated heterocycles. The van der Waals surface area contributed by atoms with Crippen LogP contribution in [0.3, 0.4) is 0 Å². The van der Waals surface area contributed by atoms with Gasteiger partial charge in [0.25, 0.3) is 0 Å². The van der Waals surface area contributed by atoms with E-state index in [4.69, 9.17) is 0 Å². The second-order valence-corrected chi connectivity index (χ2v) is 4.80. The molecule has 6 nitrogen and oxygen atoms in total. The van der Waals surface area contributed by atoms with Gasteiger partial charge in [0.1, 0.15) is 11.3 Å². The number of hydrogen-bond acceptors (Lipinski definition) is 5. The van der Waals surface area contributed by atoms with Gasteiger partial charge in [0, 0.05) is 5.69 Å². The van der Waals surface area contributed by atoms with Crippen LogP contribution < -0.4 is 5.32 Å². The lowest BCUT2D eigenvalue weighted by atomic mass is 10.2. The third-order valence-electron chi connectivity index (χ3n) is 3.28. The average Bonchev–Trinajstić information content (AvgIpc) is 2.97. The Hall–Kier alpha value is -3.10. The van der Waals surface area contributed by atoms with Gasteiger partial charge in [-0.3, -0.25) is 4.40 Å². The van der Waals surface area contributed by atoms with Crippen molar-refractivity contribution in [3.63, 3.8) is 0 Å². The Morgan fingerprint density at radius 3 is 2.46 bits per heavy atom. The number of esters is 1. The quantitative estimate of drug-likeness (QED) is 0.744. The molecular formula is C15H11F3N4O2. The van der Waals surface area contributed by atoms with Gasteiger partial charge in [0.15, 0.2) is 5.65 Å². The number of carbonyl (C=O) groups excluding carboxylic acids is 1. The van der Waals surface area contributed by atoms with E-state index in [1.54, 1.807) is 30.3 Å². The van der Waals surface area contributed by atoms with E-state index >= 15 is 0 Å². The first kappa shape index (κ1) is 15.8. The highest BCUT2D eigenvalue weighted by Crippen LogP contribution is 2.32. The second kappa shape index (κ2) is 5.84. The Bertz CT molecular complexity index is 891. The molecule has 0 aliphatic carbocycles. The molecule has 9 heteroatoms. The summed E-state index contributed by atoms with van der Waals surface area (Å²) < 4.78 is 45.3. The molecule has 0 atom stereocenters. The Balaban J connectivity index is 2.21. The summed E-state index contributed by atoms with van der Waals surface area (Å²) in [4.78, 5) is 11.8. The number of nitrogens with zero attached hydrogens (tertiary/aromatic N) is 3. The first-order chi connectivity index (χ1) is 11.4. The molecule has 0 amide bonds. The minimum atomic E-state index is -4.65. The van der Waals surface area contributed by atoms with Crippen LogP contribution in [0.25, 0.3) is 5.65 Å². The van der Waals surface area contributed by atoms with Crippen LogP contribution >= 0.6 is 0 Å². The van der Waals surface area contributed by atoms with Crippen LogP contribution in [0.5, 0.6) is 0 Å². The Morgan fingerprint density at radius 1 is 1.12 bits per heavy atom. The van der Waals surface area contributed by atoms with Gasteiger partial charge in [0.2, 0.25) is 5.95 Å². The molecule has 0 radical (unpaired) electrons. The highest BCUT2D eigenvalue weighted by atomic mass is 19.4. The van der Waals surface area contributed by atoms with Crippen molar-refractivity contribution in [2.24, 2.45) is 0 Å². The Morgan fingerprint density at radius 2 is 1.83 bits per heavy atom. The smallest absolute Gasteiger partial charge is 0.431 e. The van der Waals surface area contributed by atoms with Gasteiger partial charge >= 0.3 is 12.1 Å². The molecule has 0 aliphatic heterocycles. The Labute approximate surface area is 133 Å². The van der Waals surface area contributed by atoms with Gasteiger partial charge < -0.3 is 10.1 Å². The summed E-state index contributed by atoms with van der Waals surface area (Å²) >= 11 is 0. The number of carbonyl (C=O) groups is 1. The zero-order chi connectivity index (χ0) is 17.3. The van der Waals surface area contributed by atoms with E-state index < -0.39 is 17.8 Å². The van der Waals surface area contributed by atoms with Gasteiger partial charge in [-0.25, -0.2) is 4.79 Å². The number of halogens is 3. The van der Waals surface area contributed by atoms with Crippen LogP contribution in [0.2, 0.25) is 0 Å². The lowest BCUT2D eigenvalue weighted by molar-refractivity contribution is -0.141. The average molecular weight is 336 g/mol. The number of alkyl halides is 3. The molecular weight excluding hydrogens is 325 g/mol. The number of rotatable bonds is 3. The molecule has 3 aromatic rings. The van der Waals surface area contributed by atoms with Crippen LogP contribution in [0.1, 0.15) is 16.1 Å². The number of fused-ring (bicyclic) bond motifs is 1. The summed E-state index contributed by atoms with van der Waals surface area (Å²) in [5.41, 5.74) is -0.828. The van der Waals surface area contributed by atoms with Crippen molar-refractivity contribution < 1.29 is 22.7 Å². The van der Waals surface area contributed by atoms with Gasteiger partial charge in [-0.15, -0.1) is 10.2 Å². The van der Waals surface area contributed by atoms with E-state index in [-0.39, 0.29) is 17.2 Å². The normalized spacial score (nSPS) is 11.5. The molecule has 124 valence electrons. The zero-order valence-corrected chi connectivity index (χ0v) is 12.3. The van der Waals surface area contributed by atoms with E-state index in [2.05, 4.69) is 20.3 Å². The molecule has 0 bridgehead atoms. The number of nitrogens with one attached hydrogen (secondary N) is 1. The van der Waals surface area contributed by atoms with E-state index in [0.717, 1.165) is 23.6 Å². The highest BCUT2D eigenvalue weighted by molar-refractivity contribution is 5.96. The summed E-state index contributed by atoms with van der Waals surface area (Å²) in [6.07, 6.45) is -4.65. The minimum absolute atomic E-state index is 0.112. The van der Waals surface area contributed by atoms with Crippen molar-refractivity contribution in [1.82, 2.24) is 14.6 Å². The van der Waals surface area contributed by atoms with E-state index in [9.17, 15) is 18.0 Å². The number of benzene rings is 1.